The molecule has 4 heteroatoms. The maximum absolute atomic E-state index is 4.88. The lowest BCUT2D eigenvalue weighted by Gasteiger charge is -2.12. The molecule has 0 fully saturated rings. The Labute approximate surface area is 213 Å². The maximum atomic E-state index is 4.88. The summed E-state index contributed by atoms with van der Waals surface area (Å²) >= 11 is 0. The molecule has 3 aromatic heterocycles. The average molecular weight is 475 g/mol. The molecule has 8 bridgehead atoms. The number of H-pyrrole nitrogens is 1. The molecule has 174 valence electrons. The molecule has 37 heavy (non-hydrogen) atoms. The smallest absolute Gasteiger partial charge is 0.0658 e. The van der Waals surface area contributed by atoms with Crippen molar-refractivity contribution in [1.29, 1.82) is 0 Å². The quantitative estimate of drug-likeness (QED) is 0.265. The number of aromatic nitrogens is 4. The highest BCUT2D eigenvalue weighted by Crippen LogP contribution is 2.40. The molecule has 0 spiro atoms. The standard InChI is InChI=1S/C33H22N4/c1-2-5-30-21(4-1)16-32-31(30)6-3-7-33(32)37-28-14-15-29(37)20-27-13-11-25(36-27)18-23-9-8-22(34-23)17-24-10-12-26(19-28)35-24/h1-15,17-20,34H,16H2. The number of hydrogen-bond acceptors (Lipinski definition) is 2. The number of aromatic amines is 1. The van der Waals surface area contributed by atoms with E-state index in [-0.39, 0.29) is 0 Å². The number of hydrogen-bond donors (Lipinski definition) is 1. The molecular formula is C33H22N4. The van der Waals surface area contributed by atoms with Crippen LogP contribution in [0.25, 0.3) is 63.2 Å². The molecule has 0 unspecified atom stereocenters. The van der Waals surface area contributed by atoms with E-state index in [0.29, 0.717) is 0 Å². The Balaban J connectivity index is 1.45. The van der Waals surface area contributed by atoms with Crippen molar-refractivity contribution in [3.05, 3.63) is 125 Å². The van der Waals surface area contributed by atoms with Crippen LogP contribution in [0.1, 0.15) is 33.9 Å². The van der Waals surface area contributed by atoms with Gasteiger partial charge in [0, 0.05) is 28.5 Å². The monoisotopic (exact) mass is 474 g/mol. The summed E-state index contributed by atoms with van der Waals surface area (Å²) in [7, 11) is 0. The van der Waals surface area contributed by atoms with Gasteiger partial charge in [-0.15, -0.1) is 0 Å². The lowest BCUT2D eigenvalue weighted by molar-refractivity contribution is 1.11. The van der Waals surface area contributed by atoms with Gasteiger partial charge in [0.25, 0.3) is 0 Å². The Morgan fingerprint density at radius 2 is 1.16 bits per heavy atom. The fourth-order valence-corrected chi connectivity index (χ4v) is 5.65. The third-order valence-corrected chi connectivity index (χ3v) is 7.30. The van der Waals surface area contributed by atoms with Crippen molar-refractivity contribution < 1.29 is 0 Å². The van der Waals surface area contributed by atoms with Crippen molar-refractivity contribution >= 4 is 46.4 Å². The molecule has 0 saturated heterocycles. The van der Waals surface area contributed by atoms with E-state index in [1.54, 1.807) is 0 Å². The second kappa shape index (κ2) is 7.77. The molecule has 3 aliphatic rings. The SMILES string of the molecule is C1=Cc2cc3ccc(cc4nc(cc5ccc(cc1n2)[nH]5)C=C4)n3-c1cccc2c1Cc1ccccc1-2. The Kier molecular flexibility index (Phi) is 4.25. The lowest BCUT2D eigenvalue weighted by Crippen LogP contribution is -1.99. The average Bonchev–Trinajstić information content (AvgIpc) is 3.73. The summed E-state index contributed by atoms with van der Waals surface area (Å²) in [4.78, 5) is 13.2. The molecule has 0 amide bonds. The molecule has 0 radical (unpaired) electrons. The first-order valence-electron chi connectivity index (χ1n) is 12.5. The Morgan fingerprint density at radius 1 is 0.568 bits per heavy atom. The van der Waals surface area contributed by atoms with Crippen LogP contribution in [0.2, 0.25) is 0 Å². The minimum absolute atomic E-state index is 0.928. The first-order chi connectivity index (χ1) is 18.3. The minimum atomic E-state index is 0.928. The summed E-state index contributed by atoms with van der Waals surface area (Å²) in [5.74, 6) is 0. The number of rotatable bonds is 1. The van der Waals surface area contributed by atoms with Gasteiger partial charge in [0.1, 0.15) is 0 Å². The van der Waals surface area contributed by atoms with Crippen LogP contribution in [0.15, 0.2) is 91.0 Å². The molecule has 0 saturated carbocycles. The number of fused-ring (bicyclic) bond motifs is 11. The first-order valence-corrected chi connectivity index (χ1v) is 12.5. The predicted molar refractivity (Wildman–Crippen MR) is 152 cm³/mol. The van der Waals surface area contributed by atoms with E-state index in [9.17, 15) is 0 Å². The molecule has 5 aromatic rings. The molecule has 2 aliphatic heterocycles. The third kappa shape index (κ3) is 3.38. The fraction of sp³-hybridized carbons (Fsp3) is 0.0303. The van der Waals surface area contributed by atoms with E-state index in [4.69, 9.17) is 9.97 Å². The fourth-order valence-electron chi connectivity index (χ4n) is 5.65. The third-order valence-electron chi connectivity index (χ3n) is 7.30. The van der Waals surface area contributed by atoms with Gasteiger partial charge in [-0.3, -0.25) is 0 Å². The van der Waals surface area contributed by atoms with E-state index in [1.807, 2.05) is 0 Å². The van der Waals surface area contributed by atoms with Crippen molar-refractivity contribution in [1.82, 2.24) is 19.5 Å². The van der Waals surface area contributed by atoms with E-state index in [2.05, 4.69) is 125 Å². The van der Waals surface area contributed by atoms with Gasteiger partial charge >= 0.3 is 0 Å². The first kappa shape index (κ1) is 20.3. The van der Waals surface area contributed by atoms with Crippen LogP contribution in [-0.4, -0.2) is 19.5 Å². The normalized spacial score (nSPS) is 13.1. The summed E-state index contributed by atoms with van der Waals surface area (Å²) in [5.41, 5.74) is 14.5. The lowest BCUT2D eigenvalue weighted by atomic mass is 10.0. The topological polar surface area (TPSA) is 46.5 Å². The summed E-state index contributed by atoms with van der Waals surface area (Å²) in [5, 5.41) is 0. The van der Waals surface area contributed by atoms with Crippen LogP contribution in [0, 0.1) is 0 Å². The van der Waals surface area contributed by atoms with E-state index >= 15 is 0 Å². The molecule has 2 aromatic carbocycles. The highest BCUT2D eigenvalue weighted by molar-refractivity contribution is 5.83. The summed E-state index contributed by atoms with van der Waals surface area (Å²) in [6, 6.07) is 32.4. The summed E-state index contributed by atoms with van der Waals surface area (Å²) in [6.45, 7) is 0. The zero-order valence-corrected chi connectivity index (χ0v) is 20.0. The largest absolute Gasteiger partial charge is 0.355 e. The highest BCUT2D eigenvalue weighted by Gasteiger charge is 2.22. The summed E-state index contributed by atoms with van der Waals surface area (Å²) < 4.78 is 2.35. The van der Waals surface area contributed by atoms with Crippen LogP contribution in [0.5, 0.6) is 0 Å². The molecule has 8 rings (SSSR count). The van der Waals surface area contributed by atoms with Gasteiger partial charge in [0.05, 0.1) is 28.5 Å². The van der Waals surface area contributed by atoms with Crippen molar-refractivity contribution in [3.8, 4) is 16.8 Å². The molecule has 1 aliphatic carbocycles. The highest BCUT2D eigenvalue weighted by atomic mass is 15.0. The van der Waals surface area contributed by atoms with Gasteiger partial charge < -0.3 is 9.55 Å². The molecule has 0 atom stereocenters. The Hall–Kier alpha value is -4.96. The van der Waals surface area contributed by atoms with Crippen LogP contribution < -0.4 is 0 Å². The zero-order chi connectivity index (χ0) is 24.3. The van der Waals surface area contributed by atoms with Crippen molar-refractivity contribution in [3.63, 3.8) is 0 Å². The van der Waals surface area contributed by atoms with Gasteiger partial charge in [-0.25, -0.2) is 9.97 Å². The Bertz CT molecular complexity index is 1880. The molecule has 5 heterocycles. The van der Waals surface area contributed by atoms with Crippen LogP contribution in [0.3, 0.4) is 0 Å². The van der Waals surface area contributed by atoms with Crippen molar-refractivity contribution in [2.24, 2.45) is 0 Å². The van der Waals surface area contributed by atoms with Gasteiger partial charge in [-0.2, -0.15) is 0 Å². The van der Waals surface area contributed by atoms with Gasteiger partial charge in [-0.05, 0) is 101 Å². The number of nitrogens with one attached hydrogen (secondary N) is 1. The zero-order valence-electron chi connectivity index (χ0n) is 20.0. The second-order valence-corrected chi connectivity index (χ2v) is 9.69. The van der Waals surface area contributed by atoms with Crippen molar-refractivity contribution in [2.75, 3.05) is 0 Å². The second-order valence-electron chi connectivity index (χ2n) is 9.69. The van der Waals surface area contributed by atoms with Gasteiger partial charge in [-0.1, -0.05) is 36.4 Å². The van der Waals surface area contributed by atoms with E-state index in [0.717, 1.165) is 51.3 Å². The molecule has 4 nitrogen and oxygen atoms in total. The van der Waals surface area contributed by atoms with E-state index in [1.165, 1.54) is 27.9 Å². The number of benzene rings is 2. The van der Waals surface area contributed by atoms with Gasteiger partial charge in [0.2, 0.25) is 0 Å². The van der Waals surface area contributed by atoms with Crippen LogP contribution in [0.4, 0.5) is 0 Å². The molecular weight excluding hydrogens is 452 g/mol. The van der Waals surface area contributed by atoms with Crippen molar-refractivity contribution in [2.45, 2.75) is 6.42 Å². The summed E-state index contributed by atoms with van der Waals surface area (Å²) in [6.07, 6.45) is 9.22. The molecule has 1 N–H and O–H groups in total. The van der Waals surface area contributed by atoms with Crippen LogP contribution >= 0.6 is 0 Å². The maximum Gasteiger partial charge on any atom is 0.0658 e. The van der Waals surface area contributed by atoms with Gasteiger partial charge in [0.15, 0.2) is 0 Å². The van der Waals surface area contributed by atoms with E-state index < -0.39 is 0 Å². The number of nitrogens with zero attached hydrogens (tertiary/aromatic N) is 3. The Morgan fingerprint density at radius 3 is 1.84 bits per heavy atom. The minimum Gasteiger partial charge on any atom is -0.355 e. The van der Waals surface area contributed by atoms with Crippen LogP contribution in [-0.2, 0) is 6.42 Å². The predicted octanol–water partition coefficient (Wildman–Crippen LogP) is 7.69.